The van der Waals surface area contributed by atoms with Crippen molar-refractivity contribution in [2.45, 2.75) is 19.9 Å². The van der Waals surface area contributed by atoms with Crippen LogP contribution in [-0.4, -0.2) is 12.5 Å². The van der Waals surface area contributed by atoms with Crippen LogP contribution in [0.2, 0.25) is 0 Å². The quantitative estimate of drug-likeness (QED) is 0.877. The Morgan fingerprint density at radius 2 is 2.00 bits per heavy atom. The van der Waals surface area contributed by atoms with Crippen molar-refractivity contribution in [2.75, 3.05) is 11.9 Å². The average molecular weight is 266 g/mol. The molecular weight excluding hydrogens is 248 g/mol. The van der Waals surface area contributed by atoms with Gasteiger partial charge in [0.15, 0.2) is 0 Å². The van der Waals surface area contributed by atoms with Crippen LogP contribution < -0.4 is 10.6 Å². The summed E-state index contributed by atoms with van der Waals surface area (Å²) in [5.74, 6) is -0.0411. The molecule has 3 heteroatoms. The lowest BCUT2D eigenvalue weighted by atomic mass is 9.98. The summed E-state index contributed by atoms with van der Waals surface area (Å²) in [5.41, 5.74) is 5.25. The van der Waals surface area contributed by atoms with E-state index in [9.17, 15) is 4.79 Å². The number of fused-ring (bicyclic) bond motifs is 1. The van der Waals surface area contributed by atoms with E-state index in [-0.39, 0.29) is 5.91 Å². The molecule has 2 N–H and O–H groups in total. The summed E-state index contributed by atoms with van der Waals surface area (Å²) in [6, 6.07) is 13.8. The van der Waals surface area contributed by atoms with Crippen molar-refractivity contribution >= 4 is 11.6 Å². The number of para-hydroxylation sites is 1. The fourth-order valence-corrected chi connectivity index (χ4v) is 2.53. The molecule has 0 unspecified atom stereocenters. The van der Waals surface area contributed by atoms with Crippen LogP contribution >= 0.6 is 0 Å². The largest absolute Gasteiger partial charge is 0.322 e. The first-order valence-corrected chi connectivity index (χ1v) is 6.93. The molecule has 102 valence electrons. The zero-order valence-corrected chi connectivity index (χ0v) is 11.6. The highest BCUT2D eigenvalue weighted by Crippen LogP contribution is 2.18. The van der Waals surface area contributed by atoms with Gasteiger partial charge in [0.05, 0.1) is 0 Å². The highest BCUT2D eigenvalue weighted by molar-refractivity contribution is 6.04. The lowest BCUT2D eigenvalue weighted by Crippen LogP contribution is -2.24. The molecule has 20 heavy (non-hydrogen) atoms. The van der Waals surface area contributed by atoms with E-state index < -0.39 is 0 Å². The van der Waals surface area contributed by atoms with E-state index in [1.54, 1.807) is 0 Å². The third kappa shape index (κ3) is 2.58. The van der Waals surface area contributed by atoms with Crippen molar-refractivity contribution in [3.8, 4) is 0 Å². The van der Waals surface area contributed by atoms with Crippen molar-refractivity contribution in [1.29, 1.82) is 0 Å². The zero-order valence-electron chi connectivity index (χ0n) is 11.6. The van der Waals surface area contributed by atoms with E-state index in [0.29, 0.717) is 0 Å². The summed E-state index contributed by atoms with van der Waals surface area (Å²) in [5, 5.41) is 6.32. The molecular formula is C17H18N2O. The molecule has 3 nitrogen and oxygen atoms in total. The van der Waals surface area contributed by atoms with Crippen LogP contribution in [0.3, 0.4) is 0 Å². The molecule has 0 spiro atoms. The topological polar surface area (TPSA) is 41.1 Å². The molecule has 0 radical (unpaired) electrons. The Bertz CT molecular complexity index is 649. The van der Waals surface area contributed by atoms with Gasteiger partial charge < -0.3 is 10.6 Å². The molecule has 0 saturated heterocycles. The number of benzene rings is 2. The number of amides is 1. The predicted molar refractivity (Wildman–Crippen MR) is 81.0 cm³/mol. The number of carbonyl (C=O) groups excluding carboxylic acids is 1. The summed E-state index contributed by atoms with van der Waals surface area (Å²) in [7, 11) is 0. The zero-order chi connectivity index (χ0) is 13.9. The monoisotopic (exact) mass is 266 g/mol. The molecule has 2 aromatic rings. The summed E-state index contributed by atoms with van der Waals surface area (Å²) in [6.07, 6.45) is 0.987. The van der Waals surface area contributed by atoms with Crippen LogP contribution in [0.1, 0.15) is 27.0 Å². The van der Waals surface area contributed by atoms with Gasteiger partial charge in [-0.2, -0.15) is 0 Å². The summed E-state index contributed by atoms with van der Waals surface area (Å²) >= 11 is 0. The van der Waals surface area contributed by atoms with E-state index in [0.717, 1.165) is 36.3 Å². The smallest absolute Gasteiger partial charge is 0.255 e. The van der Waals surface area contributed by atoms with Gasteiger partial charge in [-0.3, -0.25) is 4.79 Å². The van der Waals surface area contributed by atoms with Gasteiger partial charge >= 0.3 is 0 Å². The molecule has 1 aliphatic rings. The Kier molecular flexibility index (Phi) is 3.52. The third-order valence-electron chi connectivity index (χ3n) is 3.75. The first-order valence-electron chi connectivity index (χ1n) is 6.93. The van der Waals surface area contributed by atoms with Crippen LogP contribution in [0.25, 0.3) is 0 Å². The fraction of sp³-hybridized carbons (Fsp3) is 0.235. The van der Waals surface area contributed by atoms with Gasteiger partial charge in [-0.1, -0.05) is 24.3 Å². The lowest BCUT2D eigenvalue weighted by molar-refractivity contribution is 0.102. The molecule has 2 aromatic carbocycles. The molecule has 0 fully saturated rings. The number of rotatable bonds is 2. The van der Waals surface area contributed by atoms with Crippen molar-refractivity contribution in [3.63, 3.8) is 0 Å². The minimum atomic E-state index is -0.0411. The number of hydrogen-bond acceptors (Lipinski definition) is 2. The molecule has 0 aromatic heterocycles. The number of carbonyl (C=O) groups is 1. The predicted octanol–water partition coefficient (Wildman–Crippen LogP) is 2.89. The van der Waals surface area contributed by atoms with Crippen molar-refractivity contribution in [2.24, 2.45) is 0 Å². The molecule has 0 atom stereocenters. The summed E-state index contributed by atoms with van der Waals surface area (Å²) < 4.78 is 0. The first-order chi connectivity index (χ1) is 9.74. The fourth-order valence-electron chi connectivity index (χ4n) is 2.53. The second-order valence-corrected chi connectivity index (χ2v) is 5.18. The molecule has 1 heterocycles. The van der Waals surface area contributed by atoms with Gasteiger partial charge in [0.2, 0.25) is 0 Å². The average Bonchev–Trinajstić information content (AvgIpc) is 2.49. The SMILES string of the molecule is Cc1ccccc1NC(=O)c1ccc2c(c1)CCNC2. The highest BCUT2D eigenvalue weighted by atomic mass is 16.1. The lowest BCUT2D eigenvalue weighted by Gasteiger charge is -2.17. The molecule has 0 saturated carbocycles. The minimum absolute atomic E-state index is 0.0411. The van der Waals surface area contributed by atoms with Crippen molar-refractivity contribution in [1.82, 2.24) is 5.32 Å². The maximum absolute atomic E-state index is 12.3. The number of nitrogens with one attached hydrogen (secondary N) is 2. The Morgan fingerprint density at radius 3 is 2.85 bits per heavy atom. The van der Waals surface area contributed by atoms with E-state index in [1.165, 1.54) is 11.1 Å². The number of aryl methyl sites for hydroxylation is 1. The first kappa shape index (κ1) is 12.9. The second kappa shape index (κ2) is 5.47. The van der Waals surface area contributed by atoms with Gasteiger partial charge in [-0.15, -0.1) is 0 Å². The summed E-state index contributed by atoms with van der Waals surface area (Å²) in [6.45, 7) is 3.87. The Balaban J connectivity index is 1.82. The molecule has 0 aliphatic carbocycles. The molecule has 1 amide bonds. The third-order valence-corrected chi connectivity index (χ3v) is 3.75. The highest BCUT2D eigenvalue weighted by Gasteiger charge is 2.13. The normalized spacial score (nSPS) is 13.7. The van der Waals surface area contributed by atoms with Crippen molar-refractivity contribution in [3.05, 3.63) is 64.7 Å². The van der Waals surface area contributed by atoms with E-state index in [4.69, 9.17) is 0 Å². The van der Waals surface area contributed by atoms with Gasteiger partial charge in [-0.25, -0.2) is 0 Å². The Labute approximate surface area is 119 Å². The summed E-state index contributed by atoms with van der Waals surface area (Å²) in [4.78, 5) is 12.3. The van der Waals surface area contributed by atoms with Gasteiger partial charge in [-0.05, 0) is 54.8 Å². The van der Waals surface area contributed by atoms with Crippen LogP contribution in [0, 0.1) is 6.92 Å². The van der Waals surface area contributed by atoms with E-state index >= 15 is 0 Å². The van der Waals surface area contributed by atoms with Crippen LogP contribution in [0.15, 0.2) is 42.5 Å². The van der Waals surface area contributed by atoms with Crippen LogP contribution in [-0.2, 0) is 13.0 Å². The Hall–Kier alpha value is -2.13. The second-order valence-electron chi connectivity index (χ2n) is 5.18. The molecule has 3 rings (SSSR count). The molecule has 1 aliphatic heterocycles. The Morgan fingerprint density at radius 1 is 1.15 bits per heavy atom. The van der Waals surface area contributed by atoms with Gasteiger partial charge in [0.1, 0.15) is 0 Å². The van der Waals surface area contributed by atoms with Crippen LogP contribution in [0.4, 0.5) is 5.69 Å². The maximum Gasteiger partial charge on any atom is 0.255 e. The van der Waals surface area contributed by atoms with Gasteiger partial charge in [0, 0.05) is 17.8 Å². The van der Waals surface area contributed by atoms with E-state index in [1.807, 2.05) is 49.4 Å². The van der Waals surface area contributed by atoms with Crippen molar-refractivity contribution < 1.29 is 4.79 Å². The standard InChI is InChI=1S/C17H18N2O/c1-12-4-2-3-5-16(12)19-17(20)14-6-7-15-11-18-9-8-13(15)10-14/h2-7,10,18H,8-9,11H2,1H3,(H,19,20). The maximum atomic E-state index is 12.3. The number of anilines is 1. The van der Waals surface area contributed by atoms with Crippen LogP contribution in [0.5, 0.6) is 0 Å². The van der Waals surface area contributed by atoms with E-state index in [2.05, 4.69) is 10.6 Å². The molecule has 0 bridgehead atoms. The van der Waals surface area contributed by atoms with Gasteiger partial charge in [0.25, 0.3) is 5.91 Å². The number of hydrogen-bond donors (Lipinski definition) is 2. The minimum Gasteiger partial charge on any atom is -0.322 e.